The highest BCUT2D eigenvalue weighted by atomic mass is 32.2. The molecule has 0 aliphatic carbocycles. The Kier molecular flexibility index (Phi) is 9.10. The maximum atomic E-state index is 13.9. The third-order valence-electron chi connectivity index (χ3n) is 6.49. The van der Waals surface area contributed by atoms with Crippen molar-refractivity contribution in [2.45, 2.75) is 51.6 Å². The van der Waals surface area contributed by atoms with Gasteiger partial charge in [0.05, 0.1) is 10.6 Å². The number of carbonyl (C=O) groups excluding carboxylic acids is 2. The minimum atomic E-state index is -4.07. The van der Waals surface area contributed by atoms with Gasteiger partial charge in [0.25, 0.3) is 10.0 Å². The maximum absolute atomic E-state index is 13.9. The van der Waals surface area contributed by atoms with Crippen molar-refractivity contribution in [3.63, 3.8) is 0 Å². The van der Waals surface area contributed by atoms with E-state index in [4.69, 9.17) is 0 Å². The van der Waals surface area contributed by atoms with Crippen molar-refractivity contribution in [1.29, 1.82) is 0 Å². The standard InChI is InChI=1S/C29H35N3O4S/c1-6-27(29(34)30-5)31(19-24-10-8-7-9-11-24)28(33)20-32(25-15-14-22(3)23(4)18-25)37(35,36)26-16-12-21(2)13-17-26/h7-18,27H,6,19-20H2,1-5H3,(H,30,34)/t27-/m0/s1. The van der Waals surface area contributed by atoms with Crippen LogP contribution in [0.4, 0.5) is 5.69 Å². The van der Waals surface area contributed by atoms with Crippen LogP contribution in [-0.4, -0.2) is 44.8 Å². The molecule has 0 saturated carbocycles. The van der Waals surface area contributed by atoms with Gasteiger partial charge in [-0.2, -0.15) is 0 Å². The number of carbonyl (C=O) groups is 2. The molecular weight excluding hydrogens is 486 g/mol. The van der Waals surface area contributed by atoms with E-state index in [0.29, 0.717) is 12.1 Å². The zero-order valence-electron chi connectivity index (χ0n) is 22.1. The summed E-state index contributed by atoms with van der Waals surface area (Å²) < 4.78 is 28.9. The van der Waals surface area contributed by atoms with Gasteiger partial charge in [-0.05, 0) is 68.1 Å². The Morgan fingerprint density at radius 1 is 0.892 bits per heavy atom. The average Bonchev–Trinajstić information content (AvgIpc) is 2.89. The largest absolute Gasteiger partial charge is 0.357 e. The molecule has 0 heterocycles. The summed E-state index contributed by atoms with van der Waals surface area (Å²) in [6.45, 7) is 7.29. The Labute approximate surface area is 220 Å². The Balaban J connectivity index is 2.07. The molecule has 1 N–H and O–H groups in total. The molecule has 7 nitrogen and oxygen atoms in total. The van der Waals surface area contributed by atoms with Gasteiger partial charge >= 0.3 is 0 Å². The first-order valence-electron chi connectivity index (χ1n) is 12.3. The van der Waals surface area contributed by atoms with Crippen LogP contribution >= 0.6 is 0 Å². The summed E-state index contributed by atoms with van der Waals surface area (Å²) in [6.07, 6.45) is 0.382. The predicted molar refractivity (Wildman–Crippen MR) is 147 cm³/mol. The molecule has 196 valence electrons. The highest BCUT2D eigenvalue weighted by Gasteiger charge is 2.33. The van der Waals surface area contributed by atoms with Gasteiger partial charge in [0.15, 0.2) is 0 Å². The third-order valence-corrected chi connectivity index (χ3v) is 8.28. The Morgan fingerprint density at radius 2 is 1.54 bits per heavy atom. The van der Waals surface area contributed by atoms with E-state index in [-0.39, 0.29) is 17.3 Å². The van der Waals surface area contributed by atoms with Crippen molar-refractivity contribution in [1.82, 2.24) is 10.2 Å². The van der Waals surface area contributed by atoms with Gasteiger partial charge in [0, 0.05) is 13.6 Å². The second-order valence-electron chi connectivity index (χ2n) is 9.14. The molecule has 37 heavy (non-hydrogen) atoms. The van der Waals surface area contributed by atoms with E-state index in [2.05, 4.69) is 5.32 Å². The molecule has 0 aliphatic heterocycles. The van der Waals surface area contributed by atoms with E-state index in [1.165, 1.54) is 11.9 Å². The molecule has 2 amide bonds. The molecular formula is C29H35N3O4S. The number of rotatable bonds is 10. The van der Waals surface area contributed by atoms with Crippen molar-refractivity contribution < 1.29 is 18.0 Å². The summed E-state index contributed by atoms with van der Waals surface area (Å²) >= 11 is 0. The van der Waals surface area contributed by atoms with Crippen LogP contribution in [0.25, 0.3) is 0 Å². The summed E-state index contributed by atoms with van der Waals surface area (Å²) in [5, 5.41) is 2.63. The van der Waals surface area contributed by atoms with Crippen LogP contribution in [-0.2, 0) is 26.2 Å². The Hall–Kier alpha value is -3.65. The number of amides is 2. The topological polar surface area (TPSA) is 86.8 Å². The van der Waals surface area contributed by atoms with Crippen molar-refractivity contribution in [2.24, 2.45) is 0 Å². The summed E-state index contributed by atoms with van der Waals surface area (Å²) in [7, 11) is -2.55. The lowest BCUT2D eigenvalue weighted by Crippen LogP contribution is -2.51. The molecule has 0 fully saturated rings. The van der Waals surface area contributed by atoms with Gasteiger partial charge < -0.3 is 10.2 Å². The number of hydrogen-bond donors (Lipinski definition) is 1. The minimum Gasteiger partial charge on any atom is -0.357 e. The number of likely N-dealkylation sites (N-methyl/N-ethyl adjacent to an activating group) is 1. The molecule has 0 bridgehead atoms. The number of hydrogen-bond acceptors (Lipinski definition) is 4. The van der Waals surface area contributed by atoms with E-state index in [1.54, 1.807) is 36.4 Å². The second-order valence-corrected chi connectivity index (χ2v) is 11.0. The number of benzene rings is 3. The van der Waals surface area contributed by atoms with E-state index in [0.717, 1.165) is 26.6 Å². The Morgan fingerprint density at radius 3 is 2.11 bits per heavy atom. The molecule has 3 rings (SSSR count). The Bertz CT molecular complexity index is 1340. The lowest BCUT2D eigenvalue weighted by Gasteiger charge is -2.33. The lowest BCUT2D eigenvalue weighted by atomic mass is 10.1. The number of anilines is 1. The molecule has 8 heteroatoms. The fourth-order valence-corrected chi connectivity index (χ4v) is 5.52. The molecule has 0 aromatic heterocycles. The van der Waals surface area contributed by atoms with Crippen LogP contribution in [0, 0.1) is 20.8 Å². The van der Waals surface area contributed by atoms with Gasteiger partial charge in [-0.3, -0.25) is 13.9 Å². The summed E-state index contributed by atoms with van der Waals surface area (Å²) in [6, 6.07) is 20.5. The summed E-state index contributed by atoms with van der Waals surface area (Å²) in [5.41, 5.74) is 4.09. The number of nitrogens with one attached hydrogen (secondary N) is 1. The quantitative estimate of drug-likeness (QED) is 0.430. The fourth-order valence-electron chi connectivity index (χ4n) is 4.11. The molecule has 0 unspecified atom stereocenters. The first-order valence-corrected chi connectivity index (χ1v) is 13.7. The molecule has 0 spiro atoms. The molecule has 0 aliphatic rings. The highest BCUT2D eigenvalue weighted by Crippen LogP contribution is 2.27. The van der Waals surface area contributed by atoms with Crippen molar-refractivity contribution >= 4 is 27.5 Å². The first kappa shape index (κ1) is 27.9. The monoisotopic (exact) mass is 521 g/mol. The van der Waals surface area contributed by atoms with Crippen LogP contribution in [0.3, 0.4) is 0 Å². The van der Waals surface area contributed by atoms with Crippen molar-refractivity contribution in [3.8, 4) is 0 Å². The number of sulfonamides is 1. The zero-order chi connectivity index (χ0) is 27.2. The van der Waals surface area contributed by atoms with E-state index in [1.807, 2.05) is 64.1 Å². The zero-order valence-corrected chi connectivity index (χ0v) is 22.9. The van der Waals surface area contributed by atoms with Gasteiger partial charge in [0.1, 0.15) is 12.6 Å². The van der Waals surface area contributed by atoms with Gasteiger partial charge in [-0.15, -0.1) is 0 Å². The van der Waals surface area contributed by atoms with Crippen LogP contribution < -0.4 is 9.62 Å². The summed E-state index contributed by atoms with van der Waals surface area (Å²) in [5.74, 6) is -0.765. The van der Waals surface area contributed by atoms with Gasteiger partial charge in [-0.25, -0.2) is 8.42 Å². The SMILES string of the molecule is CC[C@@H](C(=O)NC)N(Cc1ccccc1)C(=O)CN(c1ccc(C)c(C)c1)S(=O)(=O)c1ccc(C)cc1. The fraction of sp³-hybridized carbons (Fsp3) is 0.310. The third kappa shape index (κ3) is 6.57. The highest BCUT2D eigenvalue weighted by molar-refractivity contribution is 7.92. The normalized spacial score (nSPS) is 12.0. The molecule has 0 saturated heterocycles. The smallest absolute Gasteiger partial charge is 0.264 e. The molecule has 1 atom stereocenters. The van der Waals surface area contributed by atoms with Crippen LogP contribution in [0.2, 0.25) is 0 Å². The van der Waals surface area contributed by atoms with Gasteiger partial charge in [-0.1, -0.05) is 61.0 Å². The summed E-state index contributed by atoms with van der Waals surface area (Å²) in [4.78, 5) is 28.2. The van der Waals surface area contributed by atoms with Crippen LogP contribution in [0.1, 0.15) is 35.6 Å². The van der Waals surface area contributed by atoms with E-state index >= 15 is 0 Å². The van der Waals surface area contributed by atoms with E-state index < -0.39 is 28.5 Å². The lowest BCUT2D eigenvalue weighted by molar-refractivity contribution is -0.140. The molecule has 0 radical (unpaired) electrons. The molecule has 3 aromatic carbocycles. The maximum Gasteiger partial charge on any atom is 0.264 e. The predicted octanol–water partition coefficient (Wildman–Crippen LogP) is 4.36. The number of aryl methyl sites for hydroxylation is 3. The second kappa shape index (κ2) is 12.1. The first-order chi connectivity index (χ1) is 17.6. The van der Waals surface area contributed by atoms with Crippen molar-refractivity contribution in [3.05, 3.63) is 95.1 Å². The average molecular weight is 522 g/mol. The van der Waals surface area contributed by atoms with Crippen molar-refractivity contribution in [2.75, 3.05) is 17.9 Å². The number of nitrogens with zero attached hydrogens (tertiary/aromatic N) is 2. The van der Waals surface area contributed by atoms with Crippen LogP contribution in [0.5, 0.6) is 0 Å². The molecule has 3 aromatic rings. The minimum absolute atomic E-state index is 0.0945. The van der Waals surface area contributed by atoms with Gasteiger partial charge in [0.2, 0.25) is 11.8 Å². The van der Waals surface area contributed by atoms with Crippen LogP contribution in [0.15, 0.2) is 77.7 Å². The van der Waals surface area contributed by atoms with E-state index in [9.17, 15) is 18.0 Å².